The standard InChI is InChI=1S/C17H16BrN3O3/c1-11-4-2-3-5-14(11)17(24)19-10-16(23)21-20-9-12-8-13(18)6-7-15(12)22/h2-9,22H,10H2,1H3,(H,19,24)(H,21,23)/b20-9-. The van der Waals surface area contributed by atoms with E-state index in [2.05, 4.69) is 31.8 Å². The molecule has 0 radical (unpaired) electrons. The molecule has 0 aliphatic heterocycles. The van der Waals surface area contributed by atoms with E-state index in [9.17, 15) is 14.7 Å². The van der Waals surface area contributed by atoms with Gasteiger partial charge in [-0.1, -0.05) is 34.1 Å². The van der Waals surface area contributed by atoms with Crippen LogP contribution in [0.1, 0.15) is 21.5 Å². The first kappa shape index (κ1) is 17.7. The lowest BCUT2D eigenvalue weighted by atomic mass is 10.1. The van der Waals surface area contributed by atoms with Gasteiger partial charge in [0.15, 0.2) is 0 Å². The summed E-state index contributed by atoms with van der Waals surface area (Å²) in [6.45, 7) is 1.62. The SMILES string of the molecule is Cc1ccccc1C(=O)NCC(=O)N/N=C\c1cc(Br)ccc1O. The van der Waals surface area contributed by atoms with E-state index in [0.29, 0.717) is 11.1 Å². The lowest BCUT2D eigenvalue weighted by Gasteiger charge is -2.06. The highest BCUT2D eigenvalue weighted by Crippen LogP contribution is 2.19. The molecule has 0 heterocycles. The van der Waals surface area contributed by atoms with Gasteiger partial charge >= 0.3 is 0 Å². The highest BCUT2D eigenvalue weighted by atomic mass is 79.9. The number of aryl methyl sites for hydroxylation is 1. The molecule has 0 fully saturated rings. The van der Waals surface area contributed by atoms with E-state index < -0.39 is 5.91 Å². The molecule has 0 unspecified atom stereocenters. The van der Waals surface area contributed by atoms with Gasteiger partial charge in [-0.3, -0.25) is 9.59 Å². The molecule has 24 heavy (non-hydrogen) atoms. The average Bonchev–Trinajstić information content (AvgIpc) is 2.56. The zero-order valence-corrected chi connectivity index (χ0v) is 14.5. The summed E-state index contributed by atoms with van der Waals surface area (Å²) in [5.74, 6) is -0.747. The molecule has 3 N–H and O–H groups in total. The van der Waals surface area contributed by atoms with Crippen LogP contribution in [0.3, 0.4) is 0 Å². The smallest absolute Gasteiger partial charge is 0.259 e. The Morgan fingerprint density at radius 2 is 2.00 bits per heavy atom. The summed E-state index contributed by atoms with van der Waals surface area (Å²) < 4.78 is 0.776. The third kappa shape index (κ3) is 4.92. The Kier molecular flexibility index (Phi) is 6.08. The van der Waals surface area contributed by atoms with E-state index in [4.69, 9.17) is 0 Å². The molecular formula is C17H16BrN3O3. The van der Waals surface area contributed by atoms with Gasteiger partial charge in [0.2, 0.25) is 0 Å². The zero-order chi connectivity index (χ0) is 17.5. The minimum Gasteiger partial charge on any atom is -0.507 e. The third-order valence-electron chi connectivity index (χ3n) is 3.18. The maximum atomic E-state index is 12.0. The lowest BCUT2D eigenvalue weighted by molar-refractivity contribution is -0.120. The molecule has 2 aromatic carbocycles. The number of rotatable bonds is 5. The topological polar surface area (TPSA) is 90.8 Å². The molecular weight excluding hydrogens is 374 g/mol. The van der Waals surface area contributed by atoms with Gasteiger partial charge in [0.05, 0.1) is 12.8 Å². The van der Waals surface area contributed by atoms with Crippen LogP contribution in [-0.2, 0) is 4.79 Å². The van der Waals surface area contributed by atoms with Crippen molar-refractivity contribution in [3.63, 3.8) is 0 Å². The summed E-state index contributed by atoms with van der Waals surface area (Å²) >= 11 is 3.28. The van der Waals surface area contributed by atoms with Gasteiger partial charge in [-0.2, -0.15) is 5.10 Å². The van der Waals surface area contributed by atoms with Crippen molar-refractivity contribution < 1.29 is 14.7 Å². The Morgan fingerprint density at radius 3 is 2.75 bits per heavy atom. The second-order valence-electron chi connectivity index (χ2n) is 4.99. The molecule has 0 bridgehead atoms. The highest BCUT2D eigenvalue weighted by molar-refractivity contribution is 9.10. The number of amides is 2. The Hall–Kier alpha value is -2.67. The first-order valence-electron chi connectivity index (χ1n) is 7.11. The fourth-order valence-electron chi connectivity index (χ4n) is 1.93. The van der Waals surface area contributed by atoms with Gasteiger partial charge in [0.25, 0.3) is 11.8 Å². The van der Waals surface area contributed by atoms with Crippen LogP contribution in [0.25, 0.3) is 0 Å². The predicted molar refractivity (Wildman–Crippen MR) is 95.1 cm³/mol. The van der Waals surface area contributed by atoms with Crippen molar-refractivity contribution in [2.24, 2.45) is 5.10 Å². The van der Waals surface area contributed by atoms with E-state index in [1.165, 1.54) is 12.3 Å². The number of nitrogens with one attached hydrogen (secondary N) is 2. The Bertz CT molecular complexity index is 790. The normalized spacial score (nSPS) is 10.6. The molecule has 0 aliphatic rings. The van der Waals surface area contributed by atoms with Crippen LogP contribution < -0.4 is 10.7 Å². The van der Waals surface area contributed by atoms with Crippen LogP contribution in [0.5, 0.6) is 5.75 Å². The molecule has 2 rings (SSSR count). The van der Waals surface area contributed by atoms with Crippen molar-refractivity contribution >= 4 is 34.0 Å². The van der Waals surface area contributed by atoms with Crippen LogP contribution in [0.4, 0.5) is 0 Å². The van der Waals surface area contributed by atoms with Crippen LogP contribution in [-0.4, -0.2) is 29.7 Å². The number of benzene rings is 2. The molecule has 2 aromatic rings. The quantitative estimate of drug-likeness (QED) is 0.541. The van der Waals surface area contributed by atoms with Crippen molar-refractivity contribution in [1.29, 1.82) is 0 Å². The van der Waals surface area contributed by atoms with Crippen molar-refractivity contribution in [2.45, 2.75) is 6.92 Å². The monoisotopic (exact) mass is 389 g/mol. The number of hydrazone groups is 1. The van der Waals surface area contributed by atoms with Crippen LogP contribution in [0, 0.1) is 6.92 Å². The molecule has 0 saturated carbocycles. The van der Waals surface area contributed by atoms with Gasteiger partial charge in [-0.25, -0.2) is 5.43 Å². The fraction of sp³-hybridized carbons (Fsp3) is 0.118. The molecule has 2 amide bonds. The van der Waals surface area contributed by atoms with Crippen LogP contribution in [0.2, 0.25) is 0 Å². The second kappa shape index (κ2) is 8.26. The summed E-state index contributed by atoms with van der Waals surface area (Å²) in [5.41, 5.74) is 4.09. The minimum absolute atomic E-state index is 0.0454. The Morgan fingerprint density at radius 1 is 1.25 bits per heavy atom. The summed E-state index contributed by atoms with van der Waals surface area (Å²) in [7, 11) is 0. The largest absolute Gasteiger partial charge is 0.507 e. The first-order valence-corrected chi connectivity index (χ1v) is 7.91. The maximum Gasteiger partial charge on any atom is 0.259 e. The first-order chi connectivity index (χ1) is 11.5. The lowest BCUT2D eigenvalue weighted by Crippen LogP contribution is -2.35. The summed E-state index contributed by atoms with van der Waals surface area (Å²) in [6, 6.07) is 12.0. The molecule has 0 aliphatic carbocycles. The number of aromatic hydroxyl groups is 1. The van der Waals surface area contributed by atoms with E-state index in [0.717, 1.165) is 10.0 Å². The third-order valence-corrected chi connectivity index (χ3v) is 3.67. The highest BCUT2D eigenvalue weighted by Gasteiger charge is 2.09. The van der Waals surface area contributed by atoms with Crippen LogP contribution >= 0.6 is 15.9 Å². The minimum atomic E-state index is -0.470. The van der Waals surface area contributed by atoms with Crippen molar-refractivity contribution in [3.8, 4) is 5.75 Å². The number of nitrogens with zero attached hydrogens (tertiary/aromatic N) is 1. The second-order valence-corrected chi connectivity index (χ2v) is 5.91. The zero-order valence-electron chi connectivity index (χ0n) is 12.9. The fourth-order valence-corrected chi connectivity index (χ4v) is 2.30. The molecule has 0 saturated heterocycles. The number of phenolic OH excluding ortho intramolecular Hbond substituents is 1. The van der Waals surface area contributed by atoms with Crippen LogP contribution in [0.15, 0.2) is 52.0 Å². The van der Waals surface area contributed by atoms with E-state index >= 15 is 0 Å². The van der Waals surface area contributed by atoms with Gasteiger partial charge in [-0.05, 0) is 36.8 Å². The summed E-state index contributed by atoms with van der Waals surface area (Å²) in [4.78, 5) is 23.7. The number of hydrogen-bond acceptors (Lipinski definition) is 4. The number of carbonyl (C=O) groups excluding carboxylic acids is 2. The van der Waals surface area contributed by atoms with Crippen molar-refractivity contribution in [3.05, 3.63) is 63.6 Å². The number of hydrogen-bond donors (Lipinski definition) is 3. The molecule has 0 atom stereocenters. The predicted octanol–water partition coefficient (Wildman–Crippen LogP) is 2.34. The summed E-state index contributed by atoms with van der Waals surface area (Å²) in [5, 5.41) is 15.9. The Labute approximate surface area is 147 Å². The van der Waals surface area contributed by atoms with Gasteiger partial charge in [0.1, 0.15) is 5.75 Å². The number of carbonyl (C=O) groups is 2. The molecule has 0 aromatic heterocycles. The average molecular weight is 390 g/mol. The van der Waals surface area contributed by atoms with Crippen molar-refractivity contribution in [1.82, 2.24) is 10.7 Å². The summed E-state index contributed by atoms with van der Waals surface area (Å²) in [6.07, 6.45) is 1.32. The molecule has 124 valence electrons. The van der Waals surface area contributed by atoms with Gasteiger partial charge in [0, 0.05) is 15.6 Å². The van der Waals surface area contributed by atoms with E-state index in [1.807, 2.05) is 19.1 Å². The number of phenols is 1. The van der Waals surface area contributed by atoms with E-state index in [-0.39, 0.29) is 18.2 Å². The molecule has 7 heteroatoms. The Balaban J connectivity index is 1.85. The maximum absolute atomic E-state index is 12.0. The van der Waals surface area contributed by atoms with Crippen molar-refractivity contribution in [2.75, 3.05) is 6.54 Å². The van der Waals surface area contributed by atoms with E-state index in [1.54, 1.807) is 24.3 Å². The number of halogens is 1. The van der Waals surface area contributed by atoms with Gasteiger partial charge in [-0.15, -0.1) is 0 Å². The molecule has 0 spiro atoms. The van der Waals surface area contributed by atoms with Gasteiger partial charge < -0.3 is 10.4 Å². The molecule has 6 nitrogen and oxygen atoms in total.